The lowest BCUT2D eigenvalue weighted by atomic mass is 10.0. The molecule has 1 aromatic heterocycles. The summed E-state index contributed by atoms with van der Waals surface area (Å²) in [6.07, 6.45) is 5.40. The molecular formula is C18H25N3O. The minimum atomic E-state index is 0.241. The molecule has 2 heterocycles. The van der Waals surface area contributed by atoms with Gasteiger partial charge in [-0.2, -0.15) is 0 Å². The van der Waals surface area contributed by atoms with E-state index in [0.717, 1.165) is 32.5 Å². The first kappa shape index (κ1) is 15.1. The lowest BCUT2D eigenvalue weighted by Gasteiger charge is -2.31. The molecule has 1 fully saturated rings. The average molecular weight is 299 g/mol. The number of rotatable bonds is 5. The van der Waals surface area contributed by atoms with Gasteiger partial charge in [0.15, 0.2) is 0 Å². The Labute approximate surface area is 131 Å². The zero-order chi connectivity index (χ0) is 15.4. The number of nitrogens with one attached hydrogen (secondary N) is 2. The molecule has 2 aromatic rings. The fourth-order valence-electron chi connectivity index (χ4n) is 3.28. The van der Waals surface area contributed by atoms with Crippen LogP contribution in [-0.2, 0) is 11.2 Å². The van der Waals surface area contributed by atoms with Crippen LogP contribution in [0.2, 0.25) is 0 Å². The number of likely N-dealkylation sites (tertiary alicyclic amines) is 1. The Morgan fingerprint density at radius 2 is 2.27 bits per heavy atom. The molecule has 118 valence electrons. The summed E-state index contributed by atoms with van der Waals surface area (Å²) < 4.78 is 0. The molecule has 1 atom stereocenters. The van der Waals surface area contributed by atoms with Gasteiger partial charge in [0.2, 0.25) is 5.91 Å². The number of aromatic nitrogens is 1. The lowest BCUT2D eigenvalue weighted by Crippen LogP contribution is -2.43. The highest BCUT2D eigenvalue weighted by molar-refractivity contribution is 5.83. The van der Waals surface area contributed by atoms with E-state index >= 15 is 0 Å². The van der Waals surface area contributed by atoms with Crippen molar-refractivity contribution in [3.8, 4) is 0 Å². The zero-order valence-corrected chi connectivity index (χ0v) is 13.3. The quantitative estimate of drug-likeness (QED) is 0.834. The van der Waals surface area contributed by atoms with E-state index in [0.29, 0.717) is 12.5 Å². The molecule has 0 radical (unpaired) electrons. The fraction of sp³-hybridized carbons (Fsp3) is 0.500. The van der Waals surface area contributed by atoms with Crippen molar-refractivity contribution in [2.45, 2.75) is 26.2 Å². The Morgan fingerprint density at radius 3 is 3.14 bits per heavy atom. The number of carbonyl (C=O) groups is 1. The summed E-state index contributed by atoms with van der Waals surface area (Å²) >= 11 is 0. The Kier molecular flexibility index (Phi) is 4.78. The van der Waals surface area contributed by atoms with Gasteiger partial charge in [0.1, 0.15) is 0 Å². The molecule has 2 N–H and O–H groups in total. The lowest BCUT2D eigenvalue weighted by molar-refractivity contribution is -0.131. The van der Waals surface area contributed by atoms with E-state index in [2.05, 4.69) is 41.6 Å². The first-order chi connectivity index (χ1) is 10.7. The second-order valence-corrected chi connectivity index (χ2v) is 6.37. The van der Waals surface area contributed by atoms with Crippen molar-refractivity contribution < 1.29 is 4.79 Å². The number of H-pyrrole nitrogens is 1. The van der Waals surface area contributed by atoms with Gasteiger partial charge in [-0.25, -0.2) is 0 Å². The van der Waals surface area contributed by atoms with Crippen molar-refractivity contribution in [3.05, 3.63) is 36.0 Å². The van der Waals surface area contributed by atoms with E-state index in [1.807, 2.05) is 11.0 Å². The monoisotopic (exact) mass is 299 g/mol. The number of amides is 1. The first-order valence-corrected chi connectivity index (χ1v) is 8.27. The molecule has 1 saturated heterocycles. The van der Waals surface area contributed by atoms with Gasteiger partial charge in [0.25, 0.3) is 0 Å². The molecule has 22 heavy (non-hydrogen) atoms. The molecule has 4 nitrogen and oxygen atoms in total. The summed E-state index contributed by atoms with van der Waals surface area (Å²) in [6.45, 7) is 5.35. The summed E-state index contributed by atoms with van der Waals surface area (Å²) in [7, 11) is 0. The van der Waals surface area contributed by atoms with Crippen LogP contribution in [0.5, 0.6) is 0 Å². The number of hydrogen-bond acceptors (Lipinski definition) is 2. The van der Waals surface area contributed by atoms with Crippen molar-refractivity contribution in [1.29, 1.82) is 0 Å². The largest absolute Gasteiger partial charge is 0.361 e. The molecule has 1 amide bonds. The predicted molar refractivity (Wildman–Crippen MR) is 89.9 cm³/mol. The maximum atomic E-state index is 12.2. The number of nitrogens with zero attached hydrogens (tertiary/aromatic N) is 1. The normalized spacial score (nSPS) is 18.8. The van der Waals surface area contributed by atoms with Crippen LogP contribution in [-0.4, -0.2) is 42.0 Å². The van der Waals surface area contributed by atoms with E-state index in [4.69, 9.17) is 0 Å². The number of para-hydroxylation sites is 1. The van der Waals surface area contributed by atoms with Crippen LogP contribution < -0.4 is 5.32 Å². The topological polar surface area (TPSA) is 48.1 Å². The summed E-state index contributed by atoms with van der Waals surface area (Å²) in [5.41, 5.74) is 2.48. The van der Waals surface area contributed by atoms with Crippen molar-refractivity contribution in [1.82, 2.24) is 15.2 Å². The van der Waals surface area contributed by atoms with Gasteiger partial charge in [-0.15, -0.1) is 0 Å². The Bertz CT molecular complexity index is 634. The summed E-state index contributed by atoms with van der Waals surface area (Å²) in [4.78, 5) is 17.5. The molecule has 1 aliphatic rings. The molecule has 0 spiro atoms. The summed E-state index contributed by atoms with van der Waals surface area (Å²) in [5.74, 6) is 0.884. The molecule has 4 heteroatoms. The van der Waals surface area contributed by atoms with Gasteiger partial charge in [-0.3, -0.25) is 4.79 Å². The Hall–Kier alpha value is -1.81. The molecule has 1 aliphatic heterocycles. The third kappa shape index (κ3) is 3.50. The fourth-order valence-corrected chi connectivity index (χ4v) is 3.28. The van der Waals surface area contributed by atoms with E-state index in [1.54, 1.807) is 0 Å². The van der Waals surface area contributed by atoms with E-state index in [1.165, 1.54) is 22.9 Å². The SMILES string of the molecule is CC1CCCN(C(=O)CNCCc2c[nH]c3ccccc23)C1. The zero-order valence-electron chi connectivity index (χ0n) is 13.3. The molecule has 3 rings (SSSR count). The third-order valence-electron chi connectivity index (χ3n) is 4.53. The van der Waals surface area contributed by atoms with Crippen LogP contribution in [0.1, 0.15) is 25.3 Å². The van der Waals surface area contributed by atoms with Gasteiger partial charge in [-0.05, 0) is 43.4 Å². The Balaban J connectivity index is 1.44. The van der Waals surface area contributed by atoms with Crippen molar-refractivity contribution in [2.24, 2.45) is 5.92 Å². The highest BCUT2D eigenvalue weighted by Crippen LogP contribution is 2.18. The molecule has 1 aromatic carbocycles. The standard InChI is InChI=1S/C18H25N3O/c1-14-5-4-10-21(13-14)18(22)12-19-9-8-15-11-20-17-7-3-2-6-16(15)17/h2-3,6-7,11,14,19-20H,4-5,8-10,12-13H2,1H3. The van der Waals surface area contributed by atoms with Crippen molar-refractivity contribution >= 4 is 16.8 Å². The maximum Gasteiger partial charge on any atom is 0.236 e. The van der Waals surface area contributed by atoms with Crippen LogP contribution in [0.25, 0.3) is 10.9 Å². The first-order valence-electron chi connectivity index (χ1n) is 8.27. The number of aromatic amines is 1. The van der Waals surface area contributed by atoms with Crippen LogP contribution in [0.4, 0.5) is 0 Å². The van der Waals surface area contributed by atoms with Gasteiger partial charge >= 0.3 is 0 Å². The minimum Gasteiger partial charge on any atom is -0.361 e. The number of hydrogen-bond donors (Lipinski definition) is 2. The maximum absolute atomic E-state index is 12.2. The van der Waals surface area contributed by atoms with Crippen LogP contribution >= 0.6 is 0 Å². The second kappa shape index (κ2) is 6.97. The molecule has 0 bridgehead atoms. The predicted octanol–water partition coefficient (Wildman–Crippen LogP) is 2.56. The highest BCUT2D eigenvalue weighted by Gasteiger charge is 2.20. The summed E-state index contributed by atoms with van der Waals surface area (Å²) in [5, 5.41) is 4.57. The van der Waals surface area contributed by atoms with Gasteiger partial charge in [0, 0.05) is 30.2 Å². The van der Waals surface area contributed by atoms with E-state index in [9.17, 15) is 4.79 Å². The van der Waals surface area contributed by atoms with Crippen LogP contribution in [0.3, 0.4) is 0 Å². The third-order valence-corrected chi connectivity index (χ3v) is 4.53. The highest BCUT2D eigenvalue weighted by atomic mass is 16.2. The van der Waals surface area contributed by atoms with Gasteiger partial charge in [-0.1, -0.05) is 25.1 Å². The second-order valence-electron chi connectivity index (χ2n) is 6.37. The minimum absolute atomic E-state index is 0.241. The van der Waals surface area contributed by atoms with E-state index < -0.39 is 0 Å². The molecular weight excluding hydrogens is 274 g/mol. The van der Waals surface area contributed by atoms with Crippen LogP contribution in [0, 0.1) is 5.92 Å². The summed E-state index contributed by atoms with van der Waals surface area (Å²) in [6, 6.07) is 8.34. The molecule has 0 saturated carbocycles. The number of carbonyl (C=O) groups excluding carboxylic acids is 1. The average Bonchev–Trinajstić information content (AvgIpc) is 2.95. The van der Waals surface area contributed by atoms with Crippen molar-refractivity contribution in [2.75, 3.05) is 26.2 Å². The van der Waals surface area contributed by atoms with E-state index in [-0.39, 0.29) is 5.91 Å². The number of benzene rings is 1. The molecule has 1 unspecified atom stereocenters. The number of piperidine rings is 1. The van der Waals surface area contributed by atoms with Crippen molar-refractivity contribution in [3.63, 3.8) is 0 Å². The smallest absolute Gasteiger partial charge is 0.236 e. The van der Waals surface area contributed by atoms with Gasteiger partial charge in [0.05, 0.1) is 6.54 Å². The Morgan fingerprint density at radius 1 is 1.41 bits per heavy atom. The number of fused-ring (bicyclic) bond motifs is 1. The van der Waals surface area contributed by atoms with Crippen LogP contribution in [0.15, 0.2) is 30.5 Å². The molecule has 0 aliphatic carbocycles. The van der Waals surface area contributed by atoms with Gasteiger partial charge < -0.3 is 15.2 Å².